The molecule has 0 N–H and O–H groups in total. The van der Waals surface area contributed by atoms with Crippen LogP contribution in [-0.2, 0) is 9.59 Å². The fourth-order valence-corrected chi connectivity index (χ4v) is 4.78. The van der Waals surface area contributed by atoms with Crippen molar-refractivity contribution in [2.45, 2.75) is 49.9 Å². The van der Waals surface area contributed by atoms with E-state index >= 15 is 0 Å². The third kappa shape index (κ3) is 8.17. The molecule has 0 atom stereocenters. The lowest BCUT2D eigenvalue weighted by atomic mass is 9.89. The first-order valence-electron chi connectivity index (χ1n) is 12.3. The number of alkyl halides is 6. The highest BCUT2D eigenvalue weighted by Crippen LogP contribution is 2.32. The maximum Gasteiger partial charge on any atom is 0.471 e. The van der Waals surface area contributed by atoms with Crippen LogP contribution in [0.5, 0.6) is 0 Å². The number of amides is 2. The lowest BCUT2D eigenvalue weighted by Crippen LogP contribution is -2.45. The van der Waals surface area contributed by atoms with E-state index in [2.05, 4.69) is 0 Å². The third-order valence-electron chi connectivity index (χ3n) is 6.90. The van der Waals surface area contributed by atoms with E-state index in [9.17, 15) is 46.0 Å². The Labute approximate surface area is 220 Å². The van der Waals surface area contributed by atoms with Gasteiger partial charge in [-0.3, -0.25) is 19.7 Å². The average molecular weight is 560 g/mol. The number of likely N-dealkylation sites (tertiary alicyclic amines) is 2. The number of benzene rings is 2. The Balaban J connectivity index is 0.000000218. The summed E-state index contributed by atoms with van der Waals surface area (Å²) in [6.45, 7) is 0.440. The van der Waals surface area contributed by atoms with Crippen LogP contribution in [0.15, 0.2) is 54.6 Å². The molecule has 0 aliphatic carbocycles. The summed E-state index contributed by atoms with van der Waals surface area (Å²) in [4.78, 5) is 33.9. The summed E-state index contributed by atoms with van der Waals surface area (Å²) < 4.78 is 73.7. The van der Waals surface area contributed by atoms with Crippen molar-refractivity contribution >= 4 is 17.5 Å². The first kappa shape index (κ1) is 29.9. The Kier molecular flexibility index (Phi) is 9.57. The zero-order valence-electron chi connectivity index (χ0n) is 20.8. The maximum absolute atomic E-state index is 12.3. The number of nitrogens with zero attached hydrogens (tertiary/aromatic N) is 3. The smallest absolute Gasteiger partial charge is 0.335 e. The molecule has 0 spiro atoms. The second kappa shape index (κ2) is 12.5. The molecule has 0 unspecified atom stereocenters. The van der Waals surface area contributed by atoms with Crippen LogP contribution in [0, 0.1) is 10.1 Å². The van der Waals surface area contributed by atoms with E-state index < -0.39 is 29.1 Å². The number of halogens is 6. The van der Waals surface area contributed by atoms with Gasteiger partial charge in [0, 0.05) is 38.3 Å². The Morgan fingerprint density at radius 3 is 1.36 bits per heavy atom. The second-order valence-corrected chi connectivity index (χ2v) is 9.39. The molecule has 7 nitrogen and oxygen atoms in total. The molecule has 2 aliphatic heterocycles. The summed E-state index contributed by atoms with van der Waals surface area (Å²) in [7, 11) is 0. The Hall–Kier alpha value is -3.64. The molecule has 2 fully saturated rings. The quantitative estimate of drug-likeness (QED) is 0.270. The fourth-order valence-electron chi connectivity index (χ4n) is 4.78. The topological polar surface area (TPSA) is 83.8 Å². The second-order valence-electron chi connectivity index (χ2n) is 9.39. The molecule has 2 amide bonds. The highest BCUT2D eigenvalue weighted by Gasteiger charge is 2.44. The van der Waals surface area contributed by atoms with Gasteiger partial charge in [-0.2, -0.15) is 26.3 Å². The largest absolute Gasteiger partial charge is 0.471 e. The molecule has 2 heterocycles. The SMILES string of the molecule is O=C(N1CCC(c2ccc([N+](=O)[O-])cc2)CC1)C(F)(F)F.O=C(N1CCC(c2ccccc2)CC1)C(F)(F)F. The van der Waals surface area contributed by atoms with Gasteiger partial charge in [0.25, 0.3) is 5.69 Å². The Morgan fingerprint density at radius 2 is 1.03 bits per heavy atom. The predicted octanol–water partition coefficient (Wildman–Crippen LogP) is 5.82. The van der Waals surface area contributed by atoms with E-state index in [0.717, 1.165) is 20.9 Å². The van der Waals surface area contributed by atoms with E-state index in [1.807, 2.05) is 30.3 Å². The van der Waals surface area contributed by atoms with Crippen molar-refractivity contribution in [2.24, 2.45) is 0 Å². The number of rotatable bonds is 3. The summed E-state index contributed by atoms with van der Waals surface area (Å²) in [5, 5.41) is 10.6. The molecular formula is C26H27F6N3O4. The molecule has 2 aromatic carbocycles. The van der Waals surface area contributed by atoms with Gasteiger partial charge in [0.1, 0.15) is 0 Å². The van der Waals surface area contributed by atoms with Gasteiger partial charge >= 0.3 is 24.2 Å². The molecule has 0 saturated carbocycles. The van der Waals surface area contributed by atoms with Gasteiger partial charge in [-0.15, -0.1) is 0 Å². The molecule has 2 saturated heterocycles. The summed E-state index contributed by atoms with van der Waals surface area (Å²) >= 11 is 0. The van der Waals surface area contributed by atoms with Crippen LogP contribution in [0.1, 0.15) is 48.6 Å². The van der Waals surface area contributed by atoms with Crippen LogP contribution in [0.4, 0.5) is 32.0 Å². The van der Waals surface area contributed by atoms with Crippen molar-refractivity contribution < 1.29 is 40.9 Å². The van der Waals surface area contributed by atoms with Gasteiger partial charge in [0.2, 0.25) is 0 Å². The van der Waals surface area contributed by atoms with Crippen LogP contribution < -0.4 is 0 Å². The van der Waals surface area contributed by atoms with Crippen LogP contribution in [0.25, 0.3) is 0 Å². The number of hydrogen-bond acceptors (Lipinski definition) is 4. The van der Waals surface area contributed by atoms with Crippen molar-refractivity contribution in [3.63, 3.8) is 0 Å². The lowest BCUT2D eigenvalue weighted by molar-refractivity contribution is -0.384. The van der Waals surface area contributed by atoms with E-state index in [-0.39, 0.29) is 43.7 Å². The molecule has 4 rings (SSSR count). The zero-order chi connectivity index (χ0) is 28.8. The van der Waals surface area contributed by atoms with E-state index in [1.54, 1.807) is 12.1 Å². The van der Waals surface area contributed by atoms with Crippen LogP contribution in [-0.4, -0.2) is 65.1 Å². The number of carbonyl (C=O) groups is 2. The first-order valence-corrected chi connectivity index (χ1v) is 12.3. The minimum absolute atomic E-state index is 0.0167. The normalized spacial score (nSPS) is 17.3. The number of non-ortho nitro benzene ring substituents is 1. The monoisotopic (exact) mass is 559 g/mol. The number of carbonyl (C=O) groups excluding carboxylic acids is 2. The van der Waals surface area contributed by atoms with Crippen LogP contribution in [0.2, 0.25) is 0 Å². The van der Waals surface area contributed by atoms with E-state index in [1.165, 1.54) is 12.1 Å². The van der Waals surface area contributed by atoms with Crippen molar-refractivity contribution in [1.29, 1.82) is 0 Å². The van der Waals surface area contributed by atoms with Gasteiger partial charge in [-0.1, -0.05) is 42.5 Å². The van der Waals surface area contributed by atoms with Crippen LogP contribution >= 0.6 is 0 Å². The minimum atomic E-state index is -4.83. The van der Waals surface area contributed by atoms with Crippen molar-refractivity contribution in [3.8, 4) is 0 Å². The van der Waals surface area contributed by atoms with Crippen molar-refractivity contribution in [1.82, 2.24) is 9.80 Å². The summed E-state index contributed by atoms with van der Waals surface area (Å²) in [6, 6.07) is 15.7. The molecule has 212 valence electrons. The summed E-state index contributed by atoms with van der Waals surface area (Å²) in [6.07, 6.45) is -7.57. The number of nitro benzene ring substituents is 1. The van der Waals surface area contributed by atoms with E-state index in [4.69, 9.17) is 0 Å². The average Bonchev–Trinajstić information content (AvgIpc) is 2.92. The zero-order valence-corrected chi connectivity index (χ0v) is 20.8. The maximum atomic E-state index is 12.3. The van der Waals surface area contributed by atoms with Gasteiger partial charge in [-0.05, 0) is 48.6 Å². The molecule has 13 heteroatoms. The number of hydrogen-bond donors (Lipinski definition) is 0. The van der Waals surface area contributed by atoms with E-state index in [0.29, 0.717) is 25.7 Å². The highest BCUT2D eigenvalue weighted by molar-refractivity contribution is 5.82. The van der Waals surface area contributed by atoms with Gasteiger partial charge in [0.05, 0.1) is 4.92 Å². The molecule has 39 heavy (non-hydrogen) atoms. The number of nitro groups is 1. The molecular weight excluding hydrogens is 532 g/mol. The predicted molar refractivity (Wildman–Crippen MR) is 129 cm³/mol. The number of piperidine rings is 2. The van der Waals surface area contributed by atoms with Gasteiger partial charge < -0.3 is 9.80 Å². The summed E-state index contributed by atoms with van der Waals surface area (Å²) in [5.74, 6) is -3.25. The third-order valence-corrected chi connectivity index (χ3v) is 6.90. The van der Waals surface area contributed by atoms with Crippen molar-refractivity contribution in [2.75, 3.05) is 26.2 Å². The first-order chi connectivity index (χ1) is 18.3. The standard InChI is InChI=1S/C13H13F3N2O3.C13H14F3NO/c14-13(15,16)12(19)17-7-5-10(6-8-17)9-1-3-11(4-2-9)18(20)21;14-13(15,16)12(18)17-8-6-11(7-9-17)10-4-2-1-3-5-10/h1-4,10H,5-8H2;1-5,11H,6-9H2. The fraction of sp³-hybridized carbons (Fsp3) is 0.462. The summed E-state index contributed by atoms with van der Waals surface area (Å²) in [5.41, 5.74) is 1.96. The minimum Gasteiger partial charge on any atom is -0.335 e. The Morgan fingerprint density at radius 1 is 0.667 bits per heavy atom. The molecule has 2 aliphatic rings. The van der Waals surface area contributed by atoms with Crippen molar-refractivity contribution in [3.05, 3.63) is 75.8 Å². The van der Waals surface area contributed by atoms with Gasteiger partial charge in [0.15, 0.2) is 0 Å². The highest BCUT2D eigenvalue weighted by atomic mass is 19.4. The molecule has 2 aromatic rings. The lowest BCUT2D eigenvalue weighted by Gasteiger charge is -2.32. The van der Waals surface area contributed by atoms with Gasteiger partial charge in [-0.25, -0.2) is 0 Å². The molecule has 0 bridgehead atoms. The molecule has 0 aromatic heterocycles. The molecule has 0 radical (unpaired) electrons. The Bertz CT molecular complexity index is 1120. The van der Waals surface area contributed by atoms with Crippen LogP contribution in [0.3, 0.4) is 0 Å².